The van der Waals surface area contributed by atoms with E-state index in [1.165, 1.54) is 0 Å². The van der Waals surface area contributed by atoms with Crippen LogP contribution < -0.4 is 0 Å². The van der Waals surface area contributed by atoms with Crippen molar-refractivity contribution < 1.29 is 4.79 Å². The highest BCUT2D eigenvalue weighted by Crippen LogP contribution is 2.24. The van der Waals surface area contributed by atoms with Crippen LogP contribution >= 0.6 is 0 Å². The highest BCUT2D eigenvalue weighted by Gasteiger charge is 2.23. The number of benzene rings is 1. The van der Waals surface area contributed by atoms with Crippen LogP contribution in [-0.2, 0) is 0 Å². The van der Waals surface area contributed by atoms with Crippen LogP contribution in [0.3, 0.4) is 0 Å². The van der Waals surface area contributed by atoms with Gasteiger partial charge in [-0.3, -0.25) is 9.89 Å². The number of hydrogen-bond donors (Lipinski definition) is 1. The van der Waals surface area contributed by atoms with Gasteiger partial charge in [-0.1, -0.05) is 20.8 Å². The lowest BCUT2D eigenvalue weighted by molar-refractivity contribution is 0.0858. The molecule has 0 aliphatic rings. The third-order valence-corrected chi connectivity index (χ3v) is 2.61. The summed E-state index contributed by atoms with van der Waals surface area (Å²) in [5.41, 5.74) is 1.28. The van der Waals surface area contributed by atoms with Crippen molar-refractivity contribution in [1.82, 2.24) is 10.2 Å². The van der Waals surface area contributed by atoms with Crippen molar-refractivity contribution in [3.05, 3.63) is 29.5 Å². The van der Waals surface area contributed by atoms with Gasteiger partial charge >= 0.3 is 0 Å². The SMILES string of the molecule is CC(C)(C)C(=O)c1ccc2[nH]nc(C#N)c2c1. The first kappa shape index (κ1) is 11.3. The lowest BCUT2D eigenvalue weighted by Crippen LogP contribution is -2.19. The van der Waals surface area contributed by atoms with Crippen LogP contribution in [0, 0.1) is 16.7 Å². The molecule has 4 heteroatoms. The first-order valence-electron chi connectivity index (χ1n) is 5.36. The van der Waals surface area contributed by atoms with Crippen LogP contribution in [0.2, 0.25) is 0 Å². The monoisotopic (exact) mass is 227 g/mol. The van der Waals surface area contributed by atoms with E-state index in [4.69, 9.17) is 5.26 Å². The molecule has 1 N–H and O–H groups in total. The number of nitrogens with one attached hydrogen (secondary N) is 1. The molecule has 1 aromatic carbocycles. The van der Waals surface area contributed by atoms with Gasteiger partial charge in [-0.15, -0.1) is 0 Å². The molecule has 0 aliphatic carbocycles. The Balaban J connectivity index is 2.59. The molecule has 0 atom stereocenters. The molecular weight excluding hydrogens is 214 g/mol. The highest BCUT2D eigenvalue weighted by molar-refractivity contribution is 6.02. The van der Waals surface area contributed by atoms with E-state index in [1.54, 1.807) is 18.2 Å². The molecule has 0 saturated carbocycles. The molecule has 17 heavy (non-hydrogen) atoms. The molecule has 2 rings (SSSR count). The van der Waals surface area contributed by atoms with Crippen LogP contribution in [0.4, 0.5) is 0 Å². The van der Waals surface area contributed by atoms with Gasteiger partial charge in [-0.2, -0.15) is 10.4 Å². The predicted octanol–water partition coefficient (Wildman–Crippen LogP) is 2.66. The van der Waals surface area contributed by atoms with Crippen LogP contribution in [-0.4, -0.2) is 16.0 Å². The van der Waals surface area contributed by atoms with E-state index in [2.05, 4.69) is 10.2 Å². The summed E-state index contributed by atoms with van der Waals surface area (Å²) < 4.78 is 0. The number of rotatable bonds is 1. The van der Waals surface area contributed by atoms with Crippen molar-refractivity contribution in [1.29, 1.82) is 5.26 Å². The minimum Gasteiger partial charge on any atom is -0.294 e. The number of nitrogens with zero attached hydrogens (tertiary/aromatic N) is 2. The van der Waals surface area contributed by atoms with E-state index in [1.807, 2.05) is 26.8 Å². The lowest BCUT2D eigenvalue weighted by atomic mass is 9.86. The quantitative estimate of drug-likeness (QED) is 0.761. The number of H-pyrrole nitrogens is 1. The van der Waals surface area contributed by atoms with Crippen molar-refractivity contribution in [3.8, 4) is 6.07 Å². The zero-order valence-electron chi connectivity index (χ0n) is 10.0. The molecule has 0 fully saturated rings. The molecule has 4 nitrogen and oxygen atoms in total. The van der Waals surface area contributed by atoms with Gasteiger partial charge in [0, 0.05) is 16.4 Å². The Hall–Kier alpha value is -2.15. The van der Waals surface area contributed by atoms with Gasteiger partial charge in [0.05, 0.1) is 5.52 Å². The second-order valence-electron chi connectivity index (χ2n) is 5.02. The van der Waals surface area contributed by atoms with Crippen LogP contribution in [0.5, 0.6) is 0 Å². The summed E-state index contributed by atoms with van der Waals surface area (Å²) in [6, 6.07) is 7.27. The fraction of sp³-hybridized carbons (Fsp3) is 0.308. The fourth-order valence-corrected chi connectivity index (χ4v) is 1.67. The lowest BCUT2D eigenvalue weighted by Gasteiger charge is -2.16. The van der Waals surface area contributed by atoms with Gasteiger partial charge in [-0.05, 0) is 18.2 Å². The van der Waals surface area contributed by atoms with E-state index in [0.717, 1.165) is 5.52 Å². The van der Waals surface area contributed by atoms with Gasteiger partial charge in [0.1, 0.15) is 6.07 Å². The summed E-state index contributed by atoms with van der Waals surface area (Å²) in [7, 11) is 0. The number of hydrogen-bond acceptors (Lipinski definition) is 3. The molecule has 86 valence electrons. The maximum atomic E-state index is 12.1. The Bertz CT molecular complexity index is 626. The summed E-state index contributed by atoms with van der Waals surface area (Å²) in [6.07, 6.45) is 0. The fourth-order valence-electron chi connectivity index (χ4n) is 1.67. The average molecular weight is 227 g/mol. The van der Waals surface area contributed by atoms with Crippen LogP contribution in [0.25, 0.3) is 10.9 Å². The molecule has 0 saturated heterocycles. The standard InChI is InChI=1S/C13H13N3O/c1-13(2,3)12(17)8-4-5-10-9(6-8)11(7-14)16-15-10/h4-6H,1-3H3,(H,15,16). The largest absolute Gasteiger partial charge is 0.294 e. The molecule has 0 bridgehead atoms. The molecule has 0 spiro atoms. The van der Waals surface area contributed by atoms with Gasteiger partial charge in [0.25, 0.3) is 0 Å². The molecule has 1 aromatic heterocycles. The average Bonchev–Trinajstić information content (AvgIpc) is 2.68. The Labute approximate surface area is 99.3 Å². The minimum absolute atomic E-state index is 0.0597. The number of nitriles is 1. The smallest absolute Gasteiger partial charge is 0.170 e. The Kier molecular flexibility index (Phi) is 2.47. The number of ketones is 1. The predicted molar refractivity (Wildman–Crippen MR) is 64.6 cm³/mol. The highest BCUT2D eigenvalue weighted by atomic mass is 16.1. The number of carbonyl (C=O) groups is 1. The van der Waals surface area contributed by atoms with Crippen molar-refractivity contribution in [2.24, 2.45) is 5.41 Å². The molecule has 0 unspecified atom stereocenters. The van der Waals surface area contributed by atoms with Crippen LogP contribution in [0.15, 0.2) is 18.2 Å². The number of aromatic amines is 1. The number of fused-ring (bicyclic) bond motifs is 1. The summed E-state index contributed by atoms with van der Waals surface area (Å²) in [5.74, 6) is 0.0597. The van der Waals surface area contributed by atoms with Gasteiger partial charge in [0.2, 0.25) is 0 Å². The topological polar surface area (TPSA) is 69.5 Å². The minimum atomic E-state index is -0.426. The number of carbonyl (C=O) groups excluding carboxylic acids is 1. The van der Waals surface area contributed by atoms with E-state index < -0.39 is 5.41 Å². The van der Waals surface area contributed by atoms with Gasteiger partial charge in [-0.25, -0.2) is 0 Å². The summed E-state index contributed by atoms with van der Waals surface area (Å²) >= 11 is 0. The Morgan fingerprint density at radius 1 is 1.41 bits per heavy atom. The maximum Gasteiger partial charge on any atom is 0.170 e. The summed E-state index contributed by atoms with van der Waals surface area (Å²) in [6.45, 7) is 5.63. The van der Waals surface area contributed by atoms with Crippen molar-refractivity contribution in [2.45, 2.75) is 20.8 Å². The first-order chi connectivity index (χ1) is 7.93. The zero-order valence-corrected chi connectivity index (χ0v) is 10.0. The Morgan fingerprint density at radius 3 is 2.71 bits per heavy atom. The third kappa shape index (κ3) is 1.92. The number of Topliss-reactive ketones (excluding diaryl/α,β-unsaturated/α-hetero) is 1. The maximum absolute atomic E-state index is 12.1. The van der Waals surface area contributed by atoms with E-state index in [-0.39, 0.29) is 5.78 Å². The van der Waals surface area contributed by atoms with Crippen molar-refractivity contribution in [2.75, 3.05) is 0 Å². The molecule has 0 aliphatic heterocycles. The summed E-state index contributed by atoms with van der Waals surface area (Å²) in [4.78, 5) is 12.1. The van der Waals surface area contributed by atoms with Crippen molar-refractivity contribution >= 4 is 16.7 Å². The normalized spacial score (nSPS) is 11.4. The molecule has 0 amide bonds. The molecular formula is C13H13N3O. The second kappa shape index (κ2) is 3.70. The second-order valence-corrected chi connectivity index (χ2v) is 5.02. The molecule has 2 aromatic rings. The Morgan fingerprint density at radius 2 is 2.12 bits per heavy atom. The number of aromatic nitrogens is 2. The van der Waals surface area contributed by atoms with Crippen molar-refractivity contribution in [3.63, 3.8) is 0 Å². The van der Waals surface area contributed by atoms with Crippen LogP contribution in [0.1, 0.15) is 36.8 Å². The molecule has 0 radical (unpaired) electrons. The first-order valence-corrected chi connectivity index (χ1v) is 5.36. The van der Waals surface area contributed by atoms with E-state index in [0.29, 0.717) is 16.6 Å². The van der Waals surface area contributed by atoms with E-state index >= 15 is 0 Å². The van der Waals surface area contributed by atoms with Gasteiger partial charge in [0.15, 0.2) is 11.5 Å². The zero-order chi connectivity index (χ0) is 12.6. The van der Waals surface area contributed by atoms with Gasteiger partial charge < -0.3 is 0 Å². The molecule has 1 heterocycles. The van der Waals surface area contributed by atoms with E-state index in [9.17, 15) is 4.79 Å². The summed E-state index contributed by atoms with van der Waals surface area (Å²) in [5, 5.41) is 16.2. The third-order valence-electron chi connectivity index (χ3n) is 2.61.